The highest BCUT2D eigenvalue weighted by molar-refractivity contribution is 5.78. The standard InChI is InChI=1S/C22H30N4O3/c1-16-11-17(2)26(24-16)15-22(28)25-10-4-5-19(14-25)13-23-21(27)12-18-6-8-20(29-3)9-7-18/h6-9,11,19H,4-5,10,12-15H2,1-3H3,(H,23,27). The topological polar surface area (TPSA) is 76.5 Å². The Labute approximate surface area is 172 Å². The van der Waals surface area contributed by atoms with Gasteiger partial charge in [-0.2, -0.15) is 5.10 Å². The van der Waals surface area contributed by atoms with Crippen LogP contribution in [0.2, 0.25) is 0 Å². The molecule has 0 bridgehead atoms. The van der Waals surface area contributed by atoms with Crippen LogP contribution in [0.25, 0.3) is 0 Å². The lowest BCUT2D eigenvalue weighted by Crippen LogP contribution is -2.45. The van der Waals surface area contributed by atoms with Crippen LogP contribution < -0.4 is 10.1 Å². The van der Waals surface area contributed by atoms with Crippen molar-refractivity contribution in [3.05, 3.63) is 47.3 Å². The molecule has 7 heteroatoms. The van der Waals surface area contributed by atoms with E-state index in [9.17, 15) is 9.59 Å². The molecule has 2 aromatic rings. The van der Waals surface area contributed by atoms with Crippen LogP contribution in [0.1, 0.15) is 29.8 Å². The molecule has 1 aliphatic rings. The third-order valence-electron chi connectivity index (χ3n) is 5.37. The first-order valence-corrected chi connectivity index (χ1v) is 10.1. The third-order valence-corrected chi connectivity index (χ3v) is 5.37. The molecule has 29 heavy (non-hydrogen) atoms. The first-order valence-electron chi connectivity index (χ1n) is 10.1. The minimum atomic E-state index is 0.00116. The molecule has 156 valence electrons. The number of piperidine rings is 1. The number of likely N-dealkylation sites (tertiary alicyclic amines) is 1. The lowest BCUT2D eigenvalue weighted by molar-refractivity contribution is -0.133. The molecule has 0 aliphatic carbocycles. The van der Waals surface area contributed by atoms with Gasteiger partial charge in [-0.25, -0.2) is 0 Å². The first-order chi connectivity index (χ1) is 13.9. The molecular weight excluding hydrogens is 368 g/mol. The monoisotopic (exact) mass is 398 g/mol. The number of hydrogen-bond acceptors (Lipinski definition) is 4. The predicted octanol–water partition coefficient (Wildman–Crippen LogP) is 2.11. The van der Waals surface area contributed by atoms with Gasteiger partial charge in [-0.1, -0.05) is 12.1 Å². The number of carbonyl (C=O) groups is 2. The van der Waals surface area contributed by atoms with Crippen LogP contribution in [0.3, 0.4) is 0 Å². The maximum atomic E-state index is 12.7. The molecule has 0 radical (unpaired) electrons. The lowest BCUT2D eigenvalue weighted by Gasteiger charge is -2.33. The van der Waals surface area contributed by atoms with Crippen molar-refractivity contribution >= 4 is 11.8 Å². The highest BCUT2D eigenvalue weighted by Gasteiger charge is 2.24. The number of hydrogen-bond donors (Lipinski definition) is 1. The molecule has 1 aromatic carbocycles. The van der Waals surface area contributed by atoms with Crippen molar-refractivity contribution < 1.29 is 14.3 Å². The van der Waals surface area contributed by atoms with Gasteiger partial charge in [-0.05, 0) is 56.4 Å². The Morgan fingerprint density at radius 1 is 1.24 bits per heavy atom. The van der Waals surface area contributed by atoms with Crippen molar-refractivity contribution in [2.45, 2.75) is 39.7 Å². The Morgan fingerprint density at radius 2 is 2.00 bits per heavy atom. The normalized spacial score (nSPS) is 16.5. The van der Waals surface area contributed by atoms with E-state index in [1.807, 2.05) is 49.1 Å². The van der Waals surface area contributed by atoms with E-state index in [1.54, 1.807) is 11.8 Å². The molecular formula is C22H30N4O3. The van der Waals surface area contributed by atoms with Crippen molar-refractivity contribution in [3.8, 4) is 5.75 Å². The highest BCUT2D eigenvalue weighted by Crippen LogP contribution is 2.17. The molecule has 1 fully saturated rings. The maximum absolute atomic E-state index is 12.7. The van der Waals surface area contributed by atoms with Gasteiger partial charge in [0.2, 0.25) is 11.8 Å². The SMILES string of the molecule is COc1ccc(CC(=O)NCC2CCCN(C(=O)Cn3nc(C)cc3C)C2)cc1. The van der Waals surface area contributed by atoms with Gasteiger partial charge in [0.1, 0.15) is 12.3 Å². The summed E-state index contributed by atoms with van der Waals surface area (Å²) in [5.74, 6) is 1.15. The summed E-state index contributed by atoms with van der Waals surface area (Å²) < 4.78 is 6.90. The van der Waals surface area contributed by atoms with E-state index in [1.165, 1.54) is 0 Å². The van der Waals surface area contributed by atoms with Crippen molar-refractivity contribution in [2.75, 3.05) is 26.7 Å². The number of benzene rings is 1. The molecule has 1 unspecified atom stereocenters. The van der Waals surface area contributed by atoms with Gasteiger partial charge >= 0.3 is 0 Å². The van der Waals surface area contributed by atoms with Gasteiger partial charge in [-0.3, -0.25) is 14.3 Å². The molecule has 1 atom stereocenters. The Hall–Kier alpha value is -2.83. The number of ether oxygens (including phenoxy) is 1. The summed E-state index contributed by atoms with van der Waals surface area (Å²) in [6, 6.07) is 9.49. The summed E-state index contributed by atoms with van der Waals surface area (Å²) in [4.78, 5) is 26.8. The second kappa shape index (κ2) is 9.58. The molecule has 1 N–H and O–H groups in total. The molecule has 3 rings (SSSR count). The van der Waals surface area contributed by atoms with Crippen LogP contribution >= 0.6 is 0 Å². The fraction of sp³-hybridized carbons (Fsp3) is 0.500. The van der Waals surface area contributed by atoms with E-state index < -0.39 is 0 Å². The van der Waals surface area contributed by atoms with Crippen molar-refractivity contribution in [3.63, 3.8) is 0 Å². The summed E-state index contributed by atoms with van der Waals surface area (Å²) in [5.41, 5.74) is 2.87. The van der Waals surface area contributed by atoms with E-state index in [4.69, 9.17) is 4.74 Å². The summed E-state index contributed by atoms with van der Waals surface area (Å²) in [5, 5.41) is 7.40. The van der Waals surface area contributed by atoms with Crippen LogP contribution in [-0.4, -0.2) is 53.2 Å². The molecule has 7 nitrogen and oxygen atoms in total. The fourth-order valence-electron chi connectivity index (χ4n) is 3.77. The quantitative estimate of drug-likeness (QED) is 0.775. The molecule has 1 aromatic heterocycles. The number of amides is 2. The third kappa shape index (κ3) is 5.82. The number of aryl methyl sites for hydroxylation is 2. The summed E-state index contributed by atoms with van der Waals surface area (Å²) in [7, 11) is 1.62. The number of carbonyl (C=O) groups excluding carboxylic acids is 2. The van der Waals surface area contributed by atoms with Gasteiger partial charge in [0.05, 0.1) is 19.2 Å². The van der Waals surface area contributed by atoms with Crippen LogP contribution in [-0.2, 0) is 22.6 Å². The average molecular weight is 399 g/mol. The van der Waals surface area contributed by atoms with E-state index in [2.05, 4.69) is 10.4 Å². The zero-order valence-corrected chi connectivity index (χ0v) is 17.5. The van der Waals surface area contributed by atoms with Crippen molar-refractivity contribution in [1.29, 1.82) is 0 Å². The van der Waals surface area contributed by atoms with Gasteiger partial charge in [0, 0.05) is 25.3 Å². The van der Waals surface area contributed by atoms with Crippen molar-refractivity contribution in [1.82, 2.24) is 20.0 Å². The first kappa shape index (κ1) is 20.9. The molecule has 0 saturated carbocycles. The number of rotatable bonds is 7. The Bertz CT molecular complexity index is 844. The number of methoxy groups -OCH3 is 1. The number of nitrogens with zero attached hydrogens (tertiary/aromatic N) is 3. The van der Waals surface area contributed by atoms with Crippen molar-refractivity contribution in [2.24, 2.45) is 5.92 Å². The molecule has 1 aliphatic heterocycles. The number of nitrogens with one attached hydrogen (secondary N) is 1. The predicted molar refractivity (Wildman–Crippen MR) is 111 cm³/mol. The lowest BCUT2D eigenvalue weighted by atomic mass is 9.97. The van der Waals surface area contributed by atoms with Crippen LogP contribution in [0.4, 0.5) is 0 Å². The minimum absolute atomic E-state index is 0.00116. The van der Waals surface area contributed by atoms with Crippen LogP contribution in [0.5, 0.6) is 5.75 Å². The van der Waals surface area contributed by atoms with Gasteiger partial charge in [-0.15, -0.1) is 0 Å². The van der Waals surface area contributed by atoms with E-state index in [-0.39, 0.29) is 24.3 Å². The second-order valence-electron chi connectivity index (χ2n) is 7.76. The molecule has 1 saturated heterocycles. The fourth-order valence-corrected chi connectivity index (χ4v) is 3.77. The van der Waals surface area contributed by atoms with Crippen LogP contribution in [0, 0.1) is 19.8 Å². The zero-order valence-electron chi connectivity index (χ0n) is 17.5. The van der Waals surface area contributed by atoms with Gasteiger partial charge < -0.3 is 15.0 Å². The maximum Gasteiger partial charge on any atom is 0.244 e. The Morgan fingerprint density at radius 3 is 2.66 bits per heavy atom. The van der Waals surface area contributed by atoms with Crippen LogP contribution in [0.15, 0.2) is 30.3 Å². The average Bonchev–Trinajstić information content (AvgIpc) is 3.04. The Balaban J connectivity index is 1.45. The largest absolute Gasteiger partial charge is 0.497 e. The molecule has 2 heterocycles. The molecule has 0 spiro atoms. The molecule has 2 amide bonds. The zero-order chi connectivity index (χ0) is 20.8. The summed E-state index contributed by atoms with van der Waals surface area (Å²) in [6.07, 6.45) is 2.33. The highest BCUT2D eigenvalue weighted by atomic mass is 16.5. The second-order valence-corrected chi connectivity index (χ2v) is 7.76. The Kier molecular flexibility index (Phi) is 6.90. The van der Waals surface area contributed by atoms with E-state index >= 15 is 0 Å². The number of aromatic nitrogens is 2. The van der Waals surface area contributed by atoms with Gasteiger partial charge in [0.25, 0.3) is 0 Å². The summed E-state index contributed by atoms with van der Waals surface area (Å²) in [6.45, 7) is 6.22. The van der Waals surface area contributed by atoms with E-state index in [0.717, 1.165) is 42.1 Å². The summed E-state index contributed by atoms with van der Waals surface area (Å²) >= 11 is 0. The van der Waals surface area contributed by atoms with E-state index in [0.29, 0.717) is 19.5 Å². The minimum Gasteiger partial charge on any atom is -0.497 e. The smallest absolute Gasteiger partial charge is 0.244 e. The van der Waals surface area contributed by atoms with Gasteiger partial charge in [0.15, 0.2) is 0 Å².